The lowest BCUT2D eigenvalue weighted by Gasteiger charge is -2.26. The van der Waals surface area contributed by atoms with Crippen LogP contribution in [0.4, 0.5) is 0 Å². The molecular formula is C21H26O2. The van der Waals surface area contributed by atoms with E-state index in [-0.39, 0.29) is 0 Å². The van der Waals surface area contributed by atoms with E-state index in [0.717, 1.165) is 30.6 Å². The number of fused-ring (bicyclic) bond motifs is 2. The van der Waals surface area contributed by atoms with Gasteiger partial charge in [0.25, 0.3) is 0 Å². The summed E-state index contributed by atoms with van der Waals surface area (Å²) in [7, 11) is 1.69. The Hall–Kier alpha value is -1.96. The van der Waals surface area contributed by atoms with Crippen molar-refractivity contribution in [3.05, 3.63) is 57.6 Å². The highest BCUT2D eigenvalue weighted by atomic mass is 16.5. The average molecular weight is 310 g/mol. The van der Waals surface area contributed by atoms with Gasteiger partial charge in [-0.2, -0.15) is 0 Å². The topological polar surface area (TPSA) is 29.5 Å². The van der Waals surface area contributed by atoms with Gasteiger partial charge < -0.3 is 9.84 Å². The molecule has 1 unspecified atom stereocenters. The van der Waals surface area contributed by atoms with E-state index < -0.39 is 0 Å². The first kappa shape index (κ1) is 15.9. The lowest BCUT2D eigenvalue weighted by atomic mass is 9.80. The second-order valence-electron chi connectivity index (χ2n) is 6.81. The third kappa shape index (κ3) is 2.95. The van der Waals surface area contributed by atoms with Crippen LogP contribution in [-0.2, 0) is 6.42 Å². The van der Waals surface area contributed by atoms with E-state index in [1.807, 2.05) is 0 Å². The minimum atomic E-state index is 0.337. The molecule has 0 radical (unpaired) electrons. The van der Waals surface area contributed by atoms with Crippen molar-refractivity contribution in [2.75, 3.05) is 7.11 Å². The first-order valence-electron chi connectivity index (χ1n) is 8.48. The van der Waals surface area contributed by atoms with Crippen molar-refractivity contribution in [2.24, 2.45) is 0 Å². The third-order valence-corrected chi connectivity index (χ3v) is 5.25. The van der Waals surface area contributed by atoms with Crippen LogP contribution in [0.5, 0.6) is 11.5 Å². The maximum atomic E-state index is 10.2. The fourth-order valence-electron chi connectivity index (χ4n) is 3.78. The van der Waals surface area contributed by atoms with Gasteiger partial charge in [0.2, 0.25) is 0 Å². The molecule has 1 atom stereocenters. The summed E-state index contributed by atoms with van der Waals surface area (Å²) in [4.78, 5) is 0. The first-order chi connectivity index (χ1) is 11.0. The van der Waals surface area contributed by atoms with Crippen molar-refractivity contribution in [1.29, 1.82) is 0 Å². The molecule has 1 aliphatic carbocycles. The zero-order chi connectivity index (χ0) is 16.6. The molecule has 0 aromatic heterocycles. The van der Waals surface area contributed by atoms with Crippen molar-refractivity contribution in [2.45, 2.75) is 52.4 Å². The first-order valence-corrected chi connectivity index (χ1v) is 8.48. The van der Waals surface area contributed by atoms with Crippen LogP contribution in [0.2, 0.25) is 0 Å². The number of methoxy groups -OCH3 is 1. The van der Waals surface area contributed by atoms with E-state index in [0.29, 0.717) is 11.7 Å². The van der Waals surface area contributed by atoms with Crippen molar-refractivity contribution in [3.63, 3.8) is 0 Å². The van der Waals surface area contributed by atoms with E-state index in [1.54, 1.807) is 13.2 Å². The normalized spacial score (nSPS) is 17.5. The lowest BCUT2D eigenvalue weighted by Crippen LogP contribution is -2.09. The molecular weight excluding hydrogens is 284 g/mol. The molecule has 3 rings (SSSR count). The van der Waals surface area contributed by atoms with Crippen molar-refractivity contribution >= 4 is 0 Å². The highest BCUT2D eigenvalue weighted by molar-refractivity contribution is 5.52. The highest BCUT2D eigenvalue weighted by Gasteiger charge is 2.24. The summed E-state index contributed by atoms with van der Waals surface area (Å²) in [5.41, 5.74) is 7.68. The van der Waals surface area contributed by atoms with Gasteiger partial charge in [0.1, 0.15) is 11.5 Å². The van der Waals surface area contributed by atoms with Gasteiger partial charge >= 0.3 is 0 Å². The average Bonchev–Trinajstić information content (AvgIpc) is 2.50. The molecule has 2 heteroatoms. The molecule has 2 aromatic rings. The van der Waals surface area contributed by atoms with E-state index in [1.165, 1.54) is 34.2 Å². The van der Waals surface area contributed by atoms with Gasteiger partial charge in [-0.1, -0.05) is 18.6 Å². The van der Waals surface area contributed by atoms with Gasteiger partial charge in [-0.05, 0) is 73.9 Å². The molecule has 0 saturated heterocycles. The largest absolute Gasteiger partial charge is 0.508 e. The number of aryl methyl sites for hydroxylation is 4. The van der Waals surface area contributed by atoms with Crippen LogP contribution in [0.1, 0.15) is 58.6 Å². The van der Waals surface area contributed by atoms with Crippen LogP contribution < -0.4 is 4.74 Å². The second kappa shape index (κ2) is 6.27. The summed E-state index contributed by atoms with van der Waals surface area (Å²) in [5, 5.41) is 10.2. The number of hydrogen-bond donors (Lipinski definition) is 1. The Balaban J connectivity index is 2.18. The summed E-state index contributed by atoms with van der Waals surface area (Å²) in [5.74, 6) is 1.50. The maximum Gasteiger partial charge on any atom is 0.126 e. The van der Waals surface area contributed by atoms with Gasteiger partial charge in [0.15, 0.2) is 0 Å². The maximum absolute atomic E-state index is 10.2. The van der Waals surface area contributed by atoms with Crippen molar-refractivity contribution in [1.82, 2.24) is 0 Å². The standard InChI is InChI=1S/C21H26O2/c1-13-9-15(3)18(10-14(13)2)17-8-6-5-7-16-11-19(17)21(23-4)12-20(16)22/h9-12,17,22H,5-8H2,1-4H3. The van der Waals surface area contributed by atoms with E-state index >= 15 is 0 Å². The SMILES string of the molecule is COc1cc(O)c2cc1C(c1cc(C)c(C)cc1C)CCCC2. The molecule has 0 amide bonds. The van der Waals surface area contributed by atoms with Crippen LogP contribution in [-0.4, -0.2) is 12.2 Å². The number of rotatable bonds is 2. The number of ether oxygens (including phenoxy) is 1. The van der Waals surface area contributed by atoms with Gasteiger partial charge in [0, 0.05) is 17.5 Å². The zero-order valence-corrected chi connectivity index (χ0v) is 14.6. The molecule has 2 bridgehead atoms. The Morgan fingerprint density at radius 2 is 1.65 bits per heavy atom. The lowest BCUT2D eigenvalue weighted by molar-refractivity contribution is 0.395. The Kier molecular flexibility index (Phi) is 4.34. The molecule has 2 nitrogen and oxygen atoms in total. The Morgan fingerprint density at radius 1 is 0.913 bits per heavy atom. The summed E-state index contributed by atoms with van der Waals surface area (Å²) >= 11 is 0. The molecule has 122 valence electrons. The van der Waals surface area contributed by atoms with Gasteiger partial charge in [-0.3, -0.25) is 0 Å². The highest BCUT2D eigenvalue weighted by Crippen LogP contribution is 2.42. The summed E-state index contributed by atoms with van der Waals surface area (Å²) < 4.78 is 5.59. The molecule has 0 fully saturated rings. The monoisotopic (exact) mass is 310 g/mol. The van der Waals surface area contributed by atoms with Crippen LogP contribution in [0.3, 0.4) is 0 Å². The van der Waals surface area contributed by atoms with E-state index in [9.17, 15) is 5.11 Å². The van der Waals surface area contributed by atoms with Gasteiger partial charge in [-0.25, -0.2) is 0 Å². The third-order valence-electron chi connectivity index (χ3n) is 5.25. The fraction of sp³-hybridized carbons (Fsp3) is 0.429. The zero-order valence-electron chi connectivity index (χ0n) is 14.6. The van der Waals surface area contributed by atoms with Crippen LogP contribution in [0.25, 0.3) is 0 Å². The predicted molar refractivity (Wildman–Crippen MR) is 94.7 cm³/mol. The predicted octanol–water partition coefficient (Wildman–Crippen LogP) is 5.18. The molecule has 23 heavy (non-hydrogen) atoms. The summed E-state index contributed by atoms with van der Waals surface area (Å²) in [6, 6.07) is 8.58. The van der Waals surface area contributed by atoms with Crippen LogP contribution in [0.15, 0.2) is 24.3 Å². The number of benzene rings is 2. The summed E-state index contributed by atoms with van der Waals surface area (Å²) in [6.45, 7) is 6.55. The minimum Gasteiger partial charge on any atom is -0.508 e. The molecule has 0 aliphatic heterocycles. The minimum absolute atomic E-state index is 0.337. The van der Waals surface area contributed by atoms with Crippen molar-refractivity contribution < 1.29 is 9.84 Å². The molecule has 2 aromatic carbocycles. The Labute approximate surface area is 139 Å². The number of hydrogen-bond acceptors (Lipinski definition) is 2. The second-order valence-corrected chi connectivity index (χ2v) is 6.81. The molecule has 1 aliphatic rings. The van der Waals surface area contributed by atoms with Gasteiger partial charge in [-0.15, -0.1) is 0 Å². The number of phenols is 1. The van der Waals surface area contributed by atoms with E-state index in [4.69, 9.17) is 4.74 Å². The smallest absolute Gasteiger partial charge is 0.126 e. The molecule has 0 saturated carbocycles. The number of phenolic OH excluding ortho intramolecular Hbond substituents is 1. The Bertz CT molecular complexity index is 731. The molecule has 0 heterocycles. The fourth-order valence-corrected chi connectivity index (χ4v) is 3.78. The molecule has 1 N–H and O–H groups in total. The summed E-state index contributed by atoms with van der Waals surface area (Å²) in [6.07, 6.45) is 4.37. The van der Waals surface area contributed by atoms with Crippen LogP contribution >= 0.6 is 0 Å². The molecule has 0 spiro atoms. The van der Waals surface area contributed by atoms with Crippen LogP contribution in [0, 0.1) is 20.8 Å². The van der Waals surface area contributed by atoms with E-state index in [2.05, 4.69) is 39.0 Å². The Morgan fingerprint density at radius 3 is 2.39 bits per heavy atom. The number of aromatic hydroxyl groups is 1. The van der Waals surface area contributed by atoms with Crippen molar-refractivity contribution in [3.8, 4) is 11.5 Å². The quantitative estimate of drug-likeness (QED) is 0.827. The van der Waals surface area contributed by atoms with Gasteiger partial charge in [0.05, 0.1) is 7.11 Å².